The first-order valence-corrected chi connectivity index (χ1v) is 10.7. The quantitative estimate of drug-likeness (QED) is 0.630. The first-order valence-electron chi connectivity index (χ1n) is 10.7. The molecule has 1 heterocycles. The van der Waals surface area contributed by atoms with Crippen LogP contribution in [0.3, 0.4) is 0 Å². The number of amides is 2. The Kier molecular flexibility index (Phi) is 8.44. The van der Waals surface area contributed by atoms with Crippen molar-refractivity contribution in [1.29, 1.82) is 0 Å². The smallest absolute Gasteiger partial charge is 0.309 e. The maximum absolute atomic E-state index is 12.4. The van der Waals surface area contributed by atoms with Gasteiger partial charge in [0, 0.05) is 46.0 Å². The minimum absolute atomic E-state index is 0.0128. The highest BCUT2D eigenvalue weighted by molar-refractivity contribution is 6.35. The van der Waals surface area contributed by atoms with Crippen molar-refractivity contribution in [2.24, 2.45) is 0 Å². The van der Waals surface area contributed by atoms with Gasteiger partial charge in [0.1, 0.15) is 0 Å². The Labute approximate surface area is 184 Å². The molecular formula is C24H32N4O3. The first-order chi connectivity index (χ1) is 15.0. The average Bonchev–Trinajstić information content (AvgIpc) is 2.80. The van der Waals surface area contributed by atoms with Crippen LogP contribution in [0.1, 0.15) is 17.2 Å². The molecule has 7 heteroatoms. The molecule has 31 heavy (non-hydrogen) atoms. The van der Waals surface area contributed by atoms with Gasteiger partial charge in [0.25, 0.3) is 0 Å². The van der Waals surface area contributed by atoms with E-state index < -0.39 is 11.8 Å². The summed E-state index contributed by atoms with van der Waals surface area (Å²) in [5.74, 6) is -1.20. The van der Waals surface area contributed by atoms with Gasteiger partial charge in [0.15, 0.2) is 0 Å². The summed E-state index contributed by atoms with van der Waals surface area (Å²) < 4.78 is 5.48. The topological polar surface area (TPSA) is 73.9 Å². The number of nitrogens with one attached hydrogen (secondary N) is 2. The molecule has 2 aromatic rings. The molecule has 1 unspecified atom stereocenters. The standard InChI is InChI=1S/C24H32N4O3/c1-27(2)21-10-8-20(9-11-21)22(28-14-16-31-17-15-28)18-26-24(30)23(29)25-13-12-19-6-4-3-5-7-19/h3-11,22H,12-18H2,1-2H3,(H,25,29)(H,26,30). The number of rotatable bonds is 8. The summed E-state index contributed by atoms with van der Waals surface area (Å²) in [6.45, 7) is 3.71. The van der Waals surface area contributed by atoms with Crippen LogP contribution in [-0.4, -0.2) is 70.2 Å². The van der Waals surface area contributed by atoms with Crippen LogP contribution >= 0.6 is 0 Å². The highest BCUT2D eigenvalue weighted by Crippen LogP contribution is 2.23. The Morgan fingerprint density at radius 3 is 2.26 bits per heavy atom. The van der Waals surface area contributed by atoms with Gasteiger partial charge in [-0.25, -0.2) is 0 Å². The fourth-order valence-electron chi connectivity index (χ4n) is 3.66. The van der Waals surface area contributed by atoms with Gasteiger partial charge < -0.3 is 20.3 Å². The van der Waals surface area contributed by atoms with E-state index >= 15 is 0 Å². The molecule has 1 aliphatic heterocycles. The molecule has 2 aromatic carbocycles. The van der Waals surface area contributed by atoms with Gasteiger partial charge in [-0.2, -0.15) is 0 Å². The number of benzene rings is 2. The molecule has 1 saturated heterocycles. The number of morpholine rings is 1. The fourth-order valence-corrected chi connectivity index (χ4v) is 3.66. The molecule has 166 valence electrons. The lowest BCUT2D eigenvalue weighted by atomic mass is 10.0. The summed E-state index contributed by atoms with van der Waals surface area (Å²) in [6, 6.07) is 18.2. The molecule has 1 fully saturated rings. The maximum Gasteiger partial charge on any atom is 0.309 e. The number of ether oxygens (including phenoxy) is 1. The monoisotopic (exact) mass is 424 g/mol. The van der Waals surface area contributed by atoms with Crippen molar-refractivity contribution in [3.63, 3.8) is 0 Å². The number of nitrogens with zero attached hydrogens (tertiary/aromatic N) is 2. The highest BCUT2D eigenvalue weighted by atomic mass is 16.5. The van der Waals surface area contributed by atoms with E-state index in [-0.39, 0.29) is 6.04 Å². The average molecular weight is 425 g/mol. The normalized spacial score (nSPS) is 15.2. The lowest BCUT2D eigenvalue weighted by Gasteiger charge is -2.35. The Hall–Kier alpha value is -2.90. The van der Waals surface area contributed by atoms with E-state index in [1.54, 1.807) is 0 Å². The van der Waals surface area contributed by atoms with Gasteiger partial charge in [0.05, 0.1) is 19.3 Å². The second kappa shape index (κ2) is 11.5. The molecule has 1 atom stereocenters. The van der Waals surface area contributed by atoms with Gasteiger partial charge >= 0.3 is 11.8 Å². The third kappa shape index (κ3) is 6.80. The van der Waals surface area contributed by atoms with Crippen molar-refractivity contribution in [1.82, 2.24) is 15.5 Å². The number of hydrogen-bond acceptors (Lipinski definition) is 5. The van der Waals surface area contributed by atoms with Crippen LogP contribution in [0.2, 0.25) is 0 Å². The van der Waals surface area contributed by atoms with Crippen molar-refractivity contribution >= 4 is 17.5 Å². The maximum atomic E-state index is 12.4. The van der Waals surface area contributed by atoms with Gasteiger partial charge in [-0.1, -0.05) is 42.5 Å². The second-order valence-electron chi connectivity index (χ2n) is 7.85. The first kappa shape index (κ1) is 22.8. The zero-order valence-corrected chi connectivity index (χ0v) is 18.3. The third-order valence-corrected chi connectivity index (χ3v) is 5.48. The number of carbonyl (C=O) groups is 2. The molecule has 3 rings (SSSR count). The fraction of sp³-hybridized carbons (Fsp3) is 0.417. The van der Waals surface area contributed by atoms with Crippen LogP contribution in [-0.2, 0) is 20.7 Å². The van der Waals surface area contributed by atoms with Crippen LogP contribution in [0, 0.1) is 0 Å². The summed E-state index contributed by atoms with van der Waals surface area (Å²) in [4.78, 5) is 28.9. The van der Waals surface area contributed by atoms with E-state index in [2.05, 4.69) is 44.7 Å². The largest absolute Gasteiger partial charge is 0.379 e. The summed E-state index contributed by atoms with van der Waals surface area (Å²) in [6.07, 6.45) is 0.689. The van der Waals surface area contributed by atoms with Crippen LogP contribution in [0.4, 0.5) is 5.69 Å². The summed E-state index contributed by atoms with van der Waals surface area (Å²) in [5.41, 5.74) is 3.35. The van der Waals surface area contributed by atoms with Crippen molar-refractivity contribution < 1.29 is 14.3 Å². The number of carbonyl (C=O) groups excluding carboxylic acids is 2. The molecule has 0 aromatic heterocycles. The molecule has 2 amide bonds. The zero-order chi connectivity index (χ0) is 22.1. The molecule has 0 aliphatic carbocycles. The Bertz CT molecular complexity index is 834. The van der Waals surface area contributed by atoms with E-state index in [0.717, 1.165) is 29.9 Å². The summed E-state index contributed by atoms with van der Waals surface area (Å²) in [5, 5.41) is 5.52. The van der Waals surface area contributed by atoms with Gasteiger partial charge in [0.2, 0.25) is 0 Å². The van der Waals surface area contributed by atoms with Crippen molar-refractivity contribution in [2.75, 3.05) is 58.4 Å². The van der Waals surface area contributed by atoms with E-state index in [1.807, 2.05) is 44.4 Å². The Morgan fingerprint density at radius 2 is 1.61 bits per heavy atom. The third-order valence-electron chi connectivity index (χ3n) is 5.48. The van der Waals surface area contributed by atoms with Crippen LogP contribution < -0.4 is 15.5 Å². The SMILES string of the molecule is CN(C)c1ccc(C(CNC(=O)C(=O)NCCc2ccccc2)N2CCOCC2)cc1. The molecule has 0 saturated carbocycles. The zero-order valence-electron chi connectivity index (χ0n) is 18.3. The lowest BCUT2D eigenvalue weighted by molar-refractivity contribution is -0.139. The summed E-state index contributed by atoms with van der Waals surface area (Å²) in [7, 11) is 4.01. The van der Waals surface area contributed by atoms with Crippen LogP contribution in [0.15, 0.2) is 54.6 Å². The van der Waals surface area contributed by atoms with E-state index in [4.69, 9.17) is 4.74 Å². The summed E-state index contributed by atoms with van der Waals surface area (Å²) >= 11 is 0. The molecule has 1 aliphatic rings. The van der Waals surface area contributed by atoms with Crippen LogP contribution in [0.5, 0.6) is 0 Å². The van der Waals surface area contributed by atoms with E-state index in [9.17, 15) is 9.59 Å². The Morgan fingerprint density at radius 1 is 0.968 bits per heavy atom. The second-order valence-corrected chi connectivity index (χ2v) is 7.85. The highest BCUT2D eigenvalue weighted by Gasteiger charge is 2.24. The molecule has 0 spiro atoms. The van der Waals surface area contributed by atoms with Crippen molar-refractivity contribution in [3.8, 4) is 0 Å². The van der Waals surface area contributed by atoms with Gasteiger partial charge in [-0.15, -0.1) is 0 Å². The molecule has 2 N–H and O–H groups in total. The lowest BCUT2D eigenvalue weighted by Crippen LogP contribution is -2.47. The van der Waals surface area contributed by atoms with Gasteiger partial charge in [-0.05, 0) is 29.7 Å². The number of hydrogen-bond donors (Lipinski definition) is 2. The molecular weight excluding hydrogens is 392 g/mol. The molecule has 0 radical (unpaired) electrons. The minimum Gasteiger partial charge on any atom is -0.379 e. The van der Waals surface area contributed by atoms with E-state index in [1.165, 1.54) is 0 Å². The van der Waals surface area contributed by atoms with E-state index in [0.29, 0.717) is 32.7 Å². The predicted octanol–water partition coefficient (Wildman–Crippen LogP) is 1.60. The van der Waals surface area contributed by atoms with Crippen LogP contribution in [0.25, 0.3) is 0 Å². The molecule has 0 bridgehead atoms. The number of anilines is 1. The predicted molar refractivity (Wildman–Crippen MR) is 122 cm³/mol. The van der Waals surface area contributed by atoms with Gasteiger partial charge in [-0.3, -0.25) is 14.5 Å². The van der Waals surface area contributed by atoms with Crippen molar-refractivity contribution in [3.05, 3.63) is 65.7 Å². The Balaban J connectivity index is 1.56. The molecule has 7 nitrogen and oxygen atoms in total. The van der Waals surface area contributed by atoms with Crippen molar-refractivity contribution in [2.45, 2.75) is 12.5 Å². The minimum atomic E-state index is -0.601.